The Morgan fingerprint density at radius 1 is 1.47 bits per heavy atom. The van der Waals surface area contributed by atoms with Gasteiger partial charge < -0.3 is 20.3 Å². The van der Waals surface area contributed by atoms with Crippen LogP contribution in [0.3, 0.4) is 0 Å². The van der Waals surface area contributed by atoms with Gasteiger partial charge in [-0.15, -0.1) is 12.4 Å². The number of hydrogen-bond donors (Lipinski definition) is 2. The first-order valence-corrected chi connectivity index (χ1v) is 4.77. The summed E-state index contributed by atoms with van der Waals surface area (Å²) in [5, 5.41) is 9.60. The van der Waals surface area contributed by atoms with E-state index in [1.54, 1.807) is 12.1 Å². The van der Waals surface area contributed by atoms with Crippen LogP contribution in [0, 0.1) is 0 Å². The molecule has 0 fully saturated rings. The van der Waals surface area contributed by atoms with Crippen molar-refractivity contribution in [2.24, 2.45) is 5.73 Å². The highest BCUT2D eigenvalue weighted by Gasteiger charge is 2.16. The number of carbonyl (C=O) groups is 1. The van der Waals surface area contributed by atoms with Crippen LogP contribution in [0.15, 0.2) is 18.2 Å². The van der Waals surface area contributed by atoms with Crippen LogP contribution in [0.5, 0.6) is 11.5 Å². The number of phenolic OH excluding ortho intramolecular Hbond substituents is 1. The lowest BCUT2D eigenvalue weighted by Gasteiger charge is -2.13. The van der Waals surface area contributed by atoms with Crippen LogP contribution < -0.4 is 10.5 Å². The fraction of sp³-hybridized carbons (Fsp3) is 0.364. The molecular formula is C11H16ClNO4. The summed E-state index contributed by atoms with van der Waals surface area (Å²) in [7, 11) is 2.81. The number of halogens is 1. The van der Waals surface area contributed by atoms with Gasteiger partial charge in [0.1, 0.15) is 11.5 Å². The zero-order chi connectivity index (χ0) is 12.1. The van der Waals surface area contributed by atoms with Crippen LogP contribution in [-0.2, 0) is 9.53 Å². The molecule has 1 atom stereocenters. The second-order valence-electron chi connectivity index (χ2n) is 3.31. The summed E-state index contributed by atoms with van der Waals surface area (Å²) in [5.41, 5.74) is 6.24. The first-order valence-electron chi connectivity index (χ1n) is 4.77. The molecule has 0 saturated heterocycles. The predicted octanol–water partition coefficient (Wildman–Crippen LogP) is 1.39. The lowest BCUT2D eigenvalue weighted by molar-refractivity contribution is -0.141. The minimum atomic E-state index is -0.609. The van der Waals surface area contributed by atoms with Crippen LogP contribution in [0.25, 0.3) is 0 Å². The van der Waals surface area contributed by atoms with Crippen molar-refractivity contribution >= 4 is 18.4 Å². The minimum absolute atomic E-state index is 0. The van der Waals surface area contributed by atoms with E-state index < -0.39 is 12.0 Å². The number of carbonyl (C=O) groups excluding carboxylic acids is 1. The molecule has 17 heavy (non-hydrogen) atoms. The third kappa shape index (κ3) is 4.13. The SMILES string of the molecule is COC(=O)C[C@@H](N)c1cc(OC)ccc1O.Cl. The predicted molar refractivity (Wildman–Crippen MR) is 65.5 cm³/mol. The molecule has 96 valence electrons. The van der Waals surface area contributed by atoms with Crippen LogP contribution in [-0.4, -0.2) is 25.3 Å². The molecule has 3 N–H and O–H groups in total. The van der Waals surface area contributed by atoms with Gasteiger partial charge in [-0.1, -0.05) is 0 Å². The molecule has 0 unspecified atom stereocenters. The summed E-state index contributed by atoms with van der Waals surface area (Å²) in [6, 6.07) is 4.08. The molecule has 0 amide bonds. The Morgan fingerprint density at radius 3 is 2.65 bits per heavy atom. The number of esters is 1. The minimum Gasteiger partial charge on any atom is -0.508 e. The number of nitrogens with two attached hydrogens (primary N) is 1. The summed E-state index contributed by atoms with van der Waals surface area (Å²) >= 11 is 0. The van der Waals surface area contributed by atoms with E-state index in [4.69, 9.17) is 10.5 Å². The van der Waals surface area contributed by atoms with Crippen molar-refractivity contribution in [2.75, 3.05) is 14.2 Å². The van der Waals surface area contributed by atoms with Gasteiger partial charge in [-0.25, -0.2) is 0 Å². The maximum atomic E-state index is 11.0. The van der Waals surface area contributed by atoms with E-state index in [0.717, 1.165) is 0 Å². The van der Waals surface area contributed by atoms with Crippen LogP contribution in [0.4, 0.5) is 0 Å². The maximum Gasteiger partial charge on any atom is 0.307 e. The quantitative estimate of drug-likeness (QED) is 0.801. The third-order valence-corrected chi connectivity index (χ3v) is 2.25. The summed E-state index contributed by atoms with van der Waals surface area (Å²) in [4.78, 5) is 11.0. The number of methoxy groups -OCH3 is 2. The molecule has 0 saturated carbocycles. The molecule has 0 spiro atoms. The Hall–Kier alpha value is -1.46. The van der Waals surface area contributed by atoms with Crippen LogP contribution in [0.2, 0.25) is 0 Å². The number of phenols is 1. The smallest absolute Gasteiger partial charge is 0.307 e. The van der Waals surface area contributed by atoms with Gasteiger partial charge in [-0.2, -0.15) is 0 Å². The highest BCUT2D eigenvalue weighted by Crippen LogP contribution is 2.28. The van der Waals surface area contributed by atoms with Gasteiger partial charge in [0.15, 0.2) is 0 Å². The number of aromatic hydroxyl groups is 1. The summed E-state index contributed by atoms with van der Waals surface area (Å²) in [5.74, 6) is 0.194. The Balaban J connectivity index is 0.00000256. The Labute approximate surface area is 106 Å². The standard InChI is InChI=1S/C11H15NO4.ClH/c1-15-7-3-4-10(13)8(5-7)9(12)6-11(14)16-2;/h3-5,9,13H,6,12H2,1-2H3;1H/t9-;/m1./s1. The lowest BCUT2D eigenvalue weighted by atomic mass is 10.0. The van der Waals surface area contributed by atoms with Crippen molar-refractivity contribution in [1.82, 2.24) is 0 Å². The van der Waals surface area contributed by atoms with E-state index in [9.17, 15) is 9.90 Å². The molecule has 0 heterocycles. The zero-order valence-electron chi connectivity index (χ0n) is 9.67. The van der Waals surface area contributed by atoms with Crippen molar-refractivity contribution in [3.8, 4) is 11.5 Å². The molecule has 1 aromatic rings. The van der Waals surface area contributed by atoms with Gasteiger partial charge in [0, 0.05) is 11.6 Å². The normalized spacial score (nSPS) is 11.2. The number of benzene rings is 1. The monoisotopic (exact) mass is 261 g/mol. The first kappa shape index (κ1) is 15.5. The van der Waals surface area contributed by atoms with Crippen molar-refractivity contribution in [3.05, 3.63) is 23.8 Å². The molecule has 5 nitrogen and oxygen atoms in total. The highest BCUT2D eigenvalue weighted by atomic mass is 35.5. The number of rotatable bonds is 4. The first-order chi connectivity index (χ1) is 7.58. The average molecular weight is 262 g/mol. The molecule has 1 rings (SSSR count). The zero-order valence-corrected chi connectivity index (χ0v) is 10.5. The molecule has 1 aromatic carbocycles. The topological polar surface area (TPSA) is 81.8 Å². The van der Waals surface area contributed by atoms with Crippen molar-refractivity contribution in [3.63, 3.8) is 0 Å². The van der Waals surface area contributed by atoms with E-state index in [0.29, 0.717) is 11.3 Å². The van der Waals surface area contributed by atoms with E-state index in [1.807, 2.05) is 0 Å². The van der Waals surface area contributed by atoms with Gasteiger partial charge in [-0.3, -0.25) is 4.79 Å². The summed E-state index contributed by atoms with van der Waals surface area (Å²) in [6.07, 6.45) is 0.0111. The van der Waals surface area contributed by atoms with Crippen molar-refractivity contribution in [1.29, 1.82) is 0 Å². The van der Waals surface area contributed by atoms with E-state index in [-0.39, 0.29) is 24.6 Å². The summed E-state index contributed by atoms with van der Waals surface area (Å²) < 4.78 is 9.52. The fourth-order valence-electron chi connectivity index (χ4n) is 1.33. The van der Waals surface area contributed by atoms with Gasteiger partial charge in [-0.05, 0) is 18.2 Å². The fourth-order valence-corrected chi connectivity index (χ4v) is 1.33. The molecule has 0 radical (unpaired) electrons. The molecule has 6 heteroatoms. The van der Waals surface area contributed by atoms with Gasteiger partial charge in [0.05, 0.1) is 20.6 Å². The average Bonchev–Trinajstić information content (AvgIpc) is 2.29. The van der Waals surface area contributed by atoms with E-state index in [1.165, 1.54) is 20.3 Å². The largest absolute Gasteiger partial charge is 0.508 e. The van der Waals surface area contributed by atoms with Crippen molar-refractivity contribution in [2.45, 2.75) is 12.5 Å². The lowest BCUT2D eigenvalue weighted by Crippen LogP contribution is -2.16. The van der Waals surface area contributed by atoms with E-state index in [2.05, 4.69) is 4.74 Å². The van der Waals surface area contributed by atoms with E-state index >= 15 is 0 Å². The molecule has 0 aromatic heterocycles. The highest BCUT2D eigenvalue weighted by molar-refractivity contribution is 5.85. The van der Waals surface area contributed by atoms with Crippen LogP contribution >= 0.6 is 12.4 Å². The molecule has 0 aliphatic carbocycles. The van der Waals surface area contributed by atoms with Crippen molar-refractivity contribution < 1.29 is 19.4 Å². The number of hydrogen-bond acceptors (Lipinski definition) is 5. The molecule has 0 aliphatic rings. The Kier molecular flexibility index (Phi) is 6.38. The third-order valence-electron chi connectivity index (χ3n) is 2.25. The second-order valence-corrected chi connectivity index (χ2v) is 3.31. The Bertz CT molecular complexity index is 384. The van der Waals surface area contributed by atoms with Gasteiger partial charge >= 0.3 is 5.97 Å². The van der Waals surface area contributed by atoms with Gasteiger partial charge in [0.2, 0.25) is 0 Å². The molecule has 0 bridgehead atoms. The molecule has 0 aliphatic heterocycles. The van der Waals surface area contributed by atoms with Gasteiger partial charge in [0.25, 0.3) is 0 Å². The number of ether oxygens (including phenoxy) is 2. The molecular weight excluding hydrogens is 246 g/mol. The summed E-state index contributed by atoms with van der Waals surface area (Å²) in [6.45, 7) is 0. The second kappa shape index (κ2) is 6.98. The Morgan fingerprint density at radius 2 is 2.12 bits per heavy atom. The van der Waals surface area contributed by atoms with Crippen LogP contribution in [0.1, 0.15) is 18.0 Å². The maximum absolute atomic E-state index is 11.0.